The molecule has 0 unspecified atom stereocenters. The molecule has 0 spiro atoms. The molecule has 0 N–H and O–H groups in total. The van der Waals surface area contributed by atoms with E-state index >= 15 is 0 Å². The van der Waals surface area contributed by atoms with Crippen LogP contribution < -0.4 is 0 Å². The number of rotatable bonds is 5. The summed E-state index contributed by atoms with van der Waals surface area (Å²) in [5, 5.41) is 0. The number of carbonyl (C=O) groups excluding carboxylic acids is 4. The van der Waals surface area contributed by atoms with E-state index in [0.717, 1.165) is 20.3 Å². The van der Waals surface area contributed by atoms with Gasteiger partial charge in [-0.1, -0.05) is 41.5 Å². The van der Waals surface area contributed by atoms with E-state index in [1.54, 1.807) is 41.5 Å². The molecular formula is C17H26O6. The fourth-order valence-corrected chi connectivity index (χ4v) is 1.83. The van der Waals surface area contributed by atoms with Crippen LogP contribution in [0.4, 0.5) is 0 Å². The highest BCUT2D eigenvalue weighted by Gasteiger charge is 2.44. The predicted octanol–water partition coefficient (Wildman–Crippen LogP) is 2.11. The largest absolute Gasteiger partial charge is 0.466 e. The molecule has 0 atom stereocenters. The summed E-state index contributed by atoms with van der Waals surface area (Å²) in [4.78, 5) is 49.2. The van der Waals surface area contributed by atoms with E-state index in [-0.39, 0.29) is 5.57 Å². The van der Waals surface area contributed by atoms with Crippen LogP contribution in [0.15, 0.2) is 11.6 Å². The highest BCUT2D eigenvalue weighted by atomic mass is 16.5. The molecule has 0 fully saturated rings. The minimum atomic E-state index is -1.39. The summed E-state index contributed by atoms with van der Waals surface area (Å²) in [5.74, 6) is -4.05. The van der Waals surface area contributed by atoms with Gasteiger partial charge < -0.3 is 9.47 Å². The molecule has 0 aromatic rings. The van der Waals surface area contributed by atoms with Crippen molar-refractivity contribution in [1.29, 1.82) is 0 Å². The molecule has 130 valence electrons. The minimum Gasteiger partial charge on any atom is -0.466 e. The minimum absolute atomic E-state index is 0.306. The molecule has 0 aromatic heterocycles. The van der Waals surface area contributed by atoms with Crippen molar-refractivity contribution in [3.63, 3.8) is 0 Å². The van der Waals surface area contributed by atoms with E-state index in [1.807, 2.05) is 0 Å². The van der Waals surface area contributed by atoms with Crippen molar-refractivity contribution in [2.75, 3.05) is 14.2 Å². The van der Waals surface area contributed by atoms with Gasteiger partial charge in [0.15, 0.2) is 11.6 Å². The monoisotopic (exact) mass is 326 g/mol. The second-order valence-corrected chi connectivity index (χ2v) is 7.28. The van der Waals surface area contributed by atoms with Gasteiger partial charge in [0.05, 0.1) is 19.8 Å². The van der Waals surface area contributed by atoms with E-state index in [1.165, 1.54) is 0 Å². The Hall–Kier alpha value is -1.98. The van der Waals surface area contributed by atoms with Crippen molar-refractivity contribution in [2.45, 2.75) is 41.5 Å². The Kier molecular flexibility index (Phi) is 6.88. The summed E-state index contributed by atoms with van der Waals surface area (Å²) < 4.78 is 9.16. The van der Waals surface area contributed by atoms with Crippen LogP contribution in [0.3, 0.4) is 0 Å². The molecule has 0 saturated heterocycles. The third-order valence-electron chi connectivity index (χ3n) is 3.21. The first-order valence-electron chi connectivity index (χ1n) is 7.23. The molecule has 0 aromatic carbocycles. The van der Waals surface area contributed by atoms with Gasteiger partial charge in [-0.05, 0) is 0 Å². The lowest BCUT2D eigenvalue weighted by Crippen LogP contribution is -2.42. The first-order valence-corrected chi connectivity index (χ1v) is 7.23. The number of esters is 2. The number of hydrogen-bond donors (Lipinski definition) is 0. The molecule has 0 aliphatic heterocycles. The van der Waals surface area contributed by atoms with E-state index < -0.39 is 40.3 Å². The van der Waals surface area contributed by atoms with E-state index in [4.69, 9.17) is 0 Å². The third kappa shape index (κ3) is 5.62. The quantitative estimate of drug-likeness (QED) is 0.437. The van der Waals surface area contributed by atoms with E-state index in [2.05, 4.69) is 9.47 Å². The molecule has 0 amide bonds. The molecule has 0 bridgehead atoms. The Balaban J connectivity index is 6.32. The van der Waals surface area contributed by atoms with Crippen LogP contribution in [-0.4, -0.2) is 37.7 Å². The SMILES string of the molecule is COC(=O)/C=C(/C(=O)OC)C(C(=O)C(C)(C)C)C(=O)C(C)(C)C. The number of ketones is 2. The van der Waals surface area contributed by atoms with Crippen LogP contribution in [0, 0.1) is 16.7 Å². The van der Waals surface area contributed by atoms with Crippen molar-refractivity contribution >= 4 is 23.5 Å². The Bertz CT molecular complexity index is 502. The van der Waals surface area contributed by atoms with E-state index in [0.29, 0.717) is 0 Å². The molecule has 0 saturated carbocycles. The van der Waals surface area contributed by atoms with Crippen molar-refractivity contribution in [3.05, 3.63) is 11.6 Å². The lowest BCUT2D eigenvalue weighted by Gasteiger charge is -2.29. The zero-order chi connectivity index (χ0) is 18.6. The Morgan fingerprint density at radius 2 is 1.17 bits per heavy atom. The van der Waals surface area contributed by atoms with Gasteiger partial charge in [-0.2, -0.15) is 0 Å². The molecular weight excluding hydrogens is 300 g/mol. The maximum Gasteiger partial charge on any atom is 0.335 e. The topological polar surface area (TPSA) is 86.7 Å². The van der Waals surface area contributed by atoms with Crippen LogP contribution in [-0.2, 0) is 28.7 Å². The number of methoxy groups -OCH3 is 2. The summed E-state index contributed by atoms with van der Waals surface area (Å²) in [6.07, 6.45) is 0.851. The predicted molar refractivity (Wildman–Crippen MR) is 84.5 cm³/mol. The molecule has 0 heterocycles. The smallest absolute Gasteiger partial charge is 0.335 e. The van der Waals surface area contributed by atoms with Gasteiger partial charge in [-0.25, -0.2) is 9.59 Å². The van der Waals surface area contributed by atoms with Crippen LogP contribution in [0.1, 0.15) is 41.5 Å². The van der Waals surface area contributed by atoms with Crippen molar-refractivity contribution < 1.29 is 28.7 Å². The van der Waals surface area contributed by atoms with Crippen molar-refractivity contribution in [3.8, 4) is 0 Å². The van der Waals surface area contributed by atoms with Crippen LogP contribution in [0.5, 0.6) is 0 Å². The second kappa shape index (κ2) is 7.53. The molecule has 6 heteroatoms. The molecule has 6 nitrogen and oxygen atoms in total. The van der Waals surface area contributed by atoms with Gasteiger partial charge in [0, 0.05) is 16.9 Å². The zero-order valence-corrected chi connectivity index (χ0v) is 15.1. The maximum atomic E-state index is 12.8. The molecule has 0 radical (unpaired) electrons. The van der Waals surface area contributed by atoms with Crippen molar-refractivity contribution in [1.82, 2.24) is 0 Å². The summed E-state index contributed by atoms with van der Waals surface area (Å²) in [6, 6.07) is 0. The molecule has 0 aliphatic rings. The van der Waals surface area contributed by atoms with Gasteiger partial charge in [-0.3, -0.25) is 9.59 Å². The molecule has 0 aliphatic carbocycles. The third-order valence-corrected chi connectivity index (χ3v) is 3.21. The highest BCUT2D eigenvalue weighted by Crippen LogP contribution is 2.32. The standard InChI is InChI=1S/C17H26O6/c1-16(2,3)13(19)12(14(20)17(4,5)6)10(15(21)23-8)9-11(18)22-7/h9,12H,1-8H3/b10-9+. The zero-order valence-electron chi connectivity index (χ0n) is 15.1. The van der Waals surface area contributed by atoms with Gasteiger partial charge >= 0.3 is 11.9 Å². The number of Topliss-reactive ketones (excluding diaryl/α,β-unsaturated/α-hetero) is 2. The van der Waals surface area contributed by atoms with Crippen LogP contribution >= 0.6 is 0 Å². The Labute approximate surface area is 137 Å². The van der Waals surface area contributed by atoms with Gasteiger partial charge in [-0.15, -0.1) is 0 Å². The average Bonchev–Trinajstić information content (AvgIpc) is 2.42. The van der Waals surface area contributed by atoms with Crippen LogP contribution in [0.25, 0.3) is 0 Å². The summed E-state index contributed by atoms with van der Waals surface area (Å²) in [7, 11) is 2.26. The number of hydrogen-bond acceptors (Lipinski definition) is 6. The highest BCUT2D eigenvalue weighted by molar-refractivity contribution is 6.15. The van der Waals surface area contributed by atoms with Gasteiger partial charge in [0.25, 0.3) is 0 Å². The normalized spacial score (nSPS) is 12.8. The van der Waals surface area contributed by atoms with Crippen LogP contribution in [0.2, 0.25) is 0 Å². The van der Waals surface area contributed by atoms with Gasteiger partial charge in [0.2, 0.25) is 0 Å². The fraction of sp³-hybridized carbons (Fsp3) is 0.647. The Morgan fingerprint density at radius 3 is 1.43 bits per heavy atom. The lowest BCUT2D eigenvalue weighted by molar-refractivity contribution is -0.145. The maximum absolute atomic E-state index is 12.8. The summed E-state index contributed by atoms with van der Waals surface area (Å²) in [6.45, 7) is 9.86. The number of ether oxygens (including phenoxy) is 2. The average molecular weight is 326 g/mol. The molecule has 0 rings (SSSR count). The Morgan fingerprint density at radius 1 is 0.783 bits per heavy atom. The van der Waals surface area contributed by atoms with Crippen molar-refractivity contribution in [2.24, 2.45) is 16.7 Å². The fourth-order valence-electron chi connectivity index (χ4n) is 1.83. The van der Waals surface area contributed by atoms with E-state index in [9.17, 15) is 19.2 Å². The number of carbonyl (C=O) groups is 4. The summed E-state index contributed by atoms with van der Waals surface area (Å²) in [5.41, 5.74) is -2.07. The second-order valence-electron chi connectivity index (χ2n) is 7.28. The summed E-state index contributed by atoms with van der Waals surface area (Å²) >= 11 is 0. The van der Waals surface area contributed by atoms with Gasteiger partial charge in [0.1, 0.15) is 5.92 Å². The molecule has 23 heavy (non-hydrogen) atoms. The first kappa shape index (κ1) is 21.0. The first-order chi connectivity index (χ1) is 10.3. The lowest BCUT2D eigenvalue weighted by atomic mass is 9.71.